The van der Waals surface area contributed by atoms with Crippen LogP contribution in [0.1, 0.15) is 23.6 Å². The summed E-state index contributed by atoms with van der Waals surface area (Å²) in [7, 11) is 0. The topological polar surface area (TPSA) is 92.6 Å². The number of hydrogen-bond acceptors (Lipinski definition) is 5. The van der Waals surface area contributed by atoms with Crippen LogP contribution in [0.5, 0.6) is 0 Å². The van der Waals surface area contributed by atoms with Gasteiger partial charge in [-0.05, 0) is 41.6 Å². The Hall–Kier alpha value is -2.74. The third-order valence-electron chi connectivity index (χ3n) is 4.55. The van der Waals surface area contributed by atoms with Crippen LogP contribution in [0.3, 0.4) is 0 Å². The number of halogens is 1. The standard InChI is InChI=1S/C17H18ClN7O/c1-11-21-22-23-25(11)9-7-16(26)24-8-6-14-15(10-24)20-17(19-14)12-2-4-13(18)5-3-12/h2-5H,6-10H2,1H3,(H,19,20). The van der Waals surface area contributed by atoms with Crippen molar-refractivity contribution in [3.8, 4) is 11.4 Å². The maximum Gasteiger partial charge on any atom is 0.224 e. The minimum absolute atomic E-state index is 0.0909. The number of carbonyl (C=O) groups excluding carboxylic acids is 1. The number of aryl methyl sites for hydroxylation is 2. The van der Waals surface area contributed by atoms with E-state index in [4.69, 9.17) is 11.6 Å². The Morgan fingerprint density at radius 1 is 1.31 bits per heavy atom. The van der Waals surface area contributed by atoms with Gasteiger partial charge < -0.3 is 9.88 Å². The first-order valence-electron chi connectivity index (χ1n) is 8.44. The van der Waals surface area contributed by atoms with Gasteiger partial charge in [-0.25, -0.2) is 9.67 Å². The number of amides is 1. The van der Waals surface area contributed by atoms with Gasteiger partial charge in [-0.2, -0.15) is 0 Å². The molecule has 2 aromatic heterocycles. The number of hydrogen-bond donors (Lipinski definition) is 1. The number of H-pyrrole nitrogens is 1. The zero-order chi connectivity index (χ0) is 18.1. The van der Waals surface area contributed by atoms with Gasteiger partial charge in [-0.3, -0.25) is 4.79 Å². The third-order valence-corrected chi connectivity index (χ3v) is 4.80. The van der Waals surface area contributed by atoms with Crippen molar-refractivity contribution in [3.63, 3.8) is 0 Å². The predicted molar refractivity (Wildman–Crippen MR) is 95.3 cm³/mol. The van der Waals surface area contributed by atoms with Crippen molar-refractivity contribution >= 4 is 17.5 Å². The van der Waals surface area contributed by atoms with Crippen molar-refractivity contribution < 1.29 is 4.79 Å². The second-order valence-electron chi connectivity index (χ2n) is 6.28. The number of imidazole rings is 1. The molecule has 1 aliphatic rings. The van der Waals surface area contributed by atoms with Crippen LogP contribution < -0.4 is 0 Å². The van der Waals surface area contributed by atoms with Crippen molar-refractivity contribution in [2.45, 2.75) is 32.9 Å². The molecule has 8 nitrogen and oxygen atoms in total. The molecule has 134 valence electrons. The molecule has 26 heavy (non-hydrogen) atoms. The highest BCUT2D eigenvalue weighted by Gasteiger charge is 2.24. The highest BCUT2D eigenvalue weighted by Crippen LogP contribution is 2.24. The zero-order valence-electron chi connectivity index (χ0n) is 14.3. The van der Waals surface area contributed by atoms with Crippen molar-refractivity contribution in [1.29, 1.82) is 0 Å². The molecule has 0 saturated carbocycles. The molecule has 0 spiro atoms. The van der Waals surface area contributed by atoms with E-state index in [0.29, 0.717) is 36.9 Å². The fourth-order valence-corrected chi connectivity index (χ4v) is 3.19. The van der Waals surface area contributed by atoms with Crippen LogP contribution in [0.15, 0.2) is 24.3 Å². The highest BCUT2D eigenvalue weighted by molar-refractivity contribution is 6.30. The van der Waals surface area contributed by atoms with Crippen LogP contribution in [0.4, 0.5) is 0 Å². The number of aromatic nitrogens is 6. The lowest BCUT2D eigenvalue weighted by molar-refractivity contribution is -0.132. The molecular weight excluding hydrogens is 354 g/mol. The number of carbonyl (C=O) groups is 1. The molecule has 0 unspecified atom stereocenters. The SMILES string of the molecule is Cc1nnnn1CCC(=O)N1CCc2nc(-c3ccc(Cl)cc3)[nH]c2C1. The number of benzene rings is 1. The molecule has 3 aromatic rings. The van der Waals surface area contributed by atoms with E-state index in [0.717, 1.165) is 29.2 Å². The number of nitrogens with zero attached hydrogens (tertiary/aromatic N) is 6. The van der Waals surface area contributed by atoms with E-state index in [-0.39, 0.29) is 5.91 Å². The minimum Gasteiger partial charge on any atom is -0.340 e. The fraction of sp³-hybridized carbons (Fsp3) is 0.353. The maximum atomic E-state index is 12.5. The Labute approximate surface area is 155 Å². The summed E-state index contributed by atoms with van der Waals surface area (Å²) in [4.78, 5) is 22.4. The van der Waals surface area contributed by atoms with Crippen LogP contribution >= 0.6 is 11.6 Å². The summed E-state index contributed by atoms with van der Waals surface area (Å²) in [5.41, 5.74) is 3.00. The van der Waals surface area contributed by atoms with E-state index >= 15 is 0 Å². The molecule has 4 rings (SSSR count). The first-order chi connectivity index (χ1) is 12.6. The van der Waals surface area contributed by atoms with Gasteiger partial charge in [0.05, 0.1) is 24.5 Å². The summed E-state index contributed by atoms with van der Waals surface area (Å²) in [5.74, 6) is 1.61. The normalized spacial score (nSPS) is 13.7. The van der Waals surface area contributed by atoms with E-state index in [1.165, 1.54) is 0 Å². The summed E-state index contributed by atoms with van der Waals surface area (Å²) in [5, 5.41) is 12.0. The monoisotopic (exact) mass is 371 g/mol. The number of rotatable bonds is 4. The highest BCUT2D eigenvalue weighted by atomic mass is 35.5. The van der Waals surface area contributed by atoms with Gasteiger partial charge in [0.2, 0.25) is 5.91 Å². The zero-order valence-corrected chi connectivity index (χ0v) is 15.1. The lowest BCUT2D eigenvalue weighted by atomic mass is 10.1. The van der Waals surface area contributed by atoms with E-state index in [1.807, 2.05) is 36.1 Å². The number of fused-ring (bicyclic) bond motifs is 1. The summed E-state index contributed by atoms with van der Waals surface area (Å²) in [6, 6.07) is 7.55. The second kappa shape index (κ2) is 6.87. The van der Waals surface area contributed by atoms with Gasteiger partial charge in [-0.1, -0.05) is 11.6 Å². The molecule has 0 saturated heterocycles. The fourth-order valence-electron chi connectivity index (χ4n) is 3.07. The van der Waals surface area contributed by atoms with Crippen molar-refractivity contribution in [2.75, 3.05) is 6.54 Å². The molecule has 1 aliphatic heterocycles. The molecule has 3 heterocycles. The maximum absolute atomic E-state index is 12.5. The molecule has 1 aromatic carbocycles. The summed E-state index contributed by atoms with van der Waals surface area (Å²) < 4.78 is 1.64. The predicted octanol–water partition coefficient (Wildman–Crippen LogP) is 2.00. The van der Waals surface area contributed by atoms with Crippen LogP contribution in [-0.2, 0) is 24.3 Å². The van der Waals surface area contributed by atoms with Gasteiger partial charge in [0.1, 0.15) is 11.6 Å². The van der Waals surface area contributed by atoms with Crippen LogP contribution in [0.25, 0.3) is 11.4 Å². The van der Waals surface area contributed by atoms with Crippen molar-refractivity contribution in [1.82, 2.24) is 35.1 Å². The van der Waals surface area contributed by atoms with E-state index in [1.54, 1.807) is 4.68 Å². The van der Waals surface area contributed by atoms with E-state index in [2.05, 4.69) is 25.5 Å². The van der Waals surface area contributed by atoms with Crippen molar-refractivity contribution in [2.24, 2.45) is 0 Å². The van der Waals surface area contributed by atoms with Gasteiger partial charge in [0.15, 0.2) is 0 Å². The Bertz CT molecular complexity index is 931. The quantitative estimate of drug-likeness (QED) is 0.757. The average molecular weight is 372 g/mol. The van der Waals surface area contributed by atoms with Gasteiger partial charge in [-0.15, -0.1) is 5.10 Å². The van der Waals surface area contributed by atoms with Crippen LogP contribution in [-0.4, -0.2) is 47.5 Å². The smallest absolute Gasteiger partial charge is 0.224 e. The Morgan fingerprint density at radius 3 is 2.85 bits per heavy atom. The molecule has 0 fully saturated rings. The second-order valence-corrected chi connectivity index (χ2v) is 6.72. The number of nitrogens with one attached hydrogen (secondary N) is 1. The van der Waals surface area contributed by atoms with Gasteiger partial charge in [0.25, 0.3) is 0 Å². The van der Waals surface area contributed by atoms with Crippen molar-refractivity contribution in [3.05, 3.63) is 46.5 Å². The first kappa shape index (κ1) is 16.7. The molecule has 0 atom stereocenters. The summed E-state index contributed by atoms with van der Waals surface area (Å²) in [6.07, 6.45) is 1.12. The molecule has 1 N–H and O–H groups in total. The number of aromatic amines is 1. The molecule has 1 amide bonds. The summed E-state index contributed by atoms with van der Waals surface area (Å²) in [6.45, 7) is 3.52. The third kappa shape index (κ3) is 3.32. The average Bonchev–Trinajstić information content (AvgIpc) is 3.25. The lowest BCUT2D eigenvalue weighted by Gasteiger charge is -2.26. The molecular formula is C17H18ClN7O. The Kier molecular flexibility index (Phi) is 4.42. The lowest BCUT2D eigenvalue weighted by Crippen LogP contribution is -2.36. The molecule has 0 aliphatic carbocycles. The first-order valence-corrected chi connectivity index (χ1v) is 8.82. The van der Waals surface area contributed by atoms with Gasteiger partial charge in [0, 0.05) is 30.0 Å². The van der Waals surface area contributed by atoms with E-state index < -0.39 is 0 Å². The Morgan fingerprint density at radius 2 is 2.12 bits per heavy atom. The van der Waals surface area contributed by atoms with Gasteiger partial charge >= 0.3 is 0 Å². The van der Waals surface area contributed by atoms with Crippen LogP contribution in [0.2, 0.25) is 5.02 Å². The Balaban J connectivity index is 1.43. The molecule has 0 radical (unpaired) electrons. The molecule has 0 bridgehead atoms. The van der Waals surface area contributed by atoms with Crippen LogP contribution in [0, 0.1) is 6.92 Å². The number of tetrazole rings is 1. The largest absolute Gasteiger partial charge is 0.340 e. The van der Waals surface area contributed by atoms with E-state index in [9.17, 15) is 4.79 Å². The minimum atomic E-state index is 0.0909. The summed E-state index contributed by atoms with van der Waals surface area (Å²) >= 11 is 5.94. The molecule has 9 heteroatoms.